The van der Waals surface area contributed by atoms with Crippen LogP contribution in [-0.4, -0.2) is 22.1 Å². The fourth-order valence-electron chi connectivity index (χ4n) is 3.49. The zero-order valence-corrected chi connectivity index (χ0v) is 16.6. The summed E-state index contributed by atoms with van der Waals surface area (Å²) in [7, 11) is 0. The van der Waals surface area contributed by atoms with Crippen molar-refractivity contribution in [1.82, 2.24) is 9.97 Å². The van der Waals surface area contributed by atoms with Gasteiger partial charge in [-0.1, -0.05) is 32.0 Å². The molecule has 154 valence electrons. The highest BCUT2D eigenvalue weighted by atomic mass is 19.4. The van der Waals surface area contributed by atoms with E-state index in [1.807, 2.05) is 38.1 Å². The van der Waals surface area contributed by atoms with Gasteiger partial charge in [-0.25, -0.2) is 4.98 Å². The lowest BCUT2D eigenvalue weighted by atomic mass is 9.93. The third kappa shape index (κ3) is 5.03. The number of ether oxygens (including phenoxy) is 1. The summed E-state index contributed by atoms with van der Waals surface area (Å²) < 4.78 is 46.6. The van der Waals surface area contributed by atoms with Gasteiger partial charge in [0, 0.05) is 28.9 Å². The number of halogens is 3. The fraction of sp³-hybridized carbons (Fsp3) is 0.364. The number of benzene rings is 1. The number of alkyl halides is 3. The Morgan fingerprint density at radius 1 is 1.10 bits per heavy atom. The molecule has 0 bridgehead atoms. The van der Waals surface area contributed by atoms with Crippen molar-refractivity contribution in [2.24, 2.45) is 11.7 Å². The maximum absolute atomic E-state index is 13.7. The van der Waals surface area contributed by atoms with Gasteiger partial charge < -0.3 is 10.5 Å². The Labute approximate surface area is 167 Å². The van der Waals surface area contributed by atoms with Crippen LogP contribution in [-0.2, 0) is 6.18 Å². The van der Waals surface area contributed by atoms with Crippen molar-refractivity contribution in [3.8, 4) is 17.0 Å². The predicted octanol–water partition coefficient (Wildman–Crippen LogP) is 5.46. The third-order valence-electron chi connectivity index (χ3n) is 4.53. The molecule has 7 heteroatoms. The number of pyridine rings is 2. The summed E-state index contributed by atoms with van der Waals surface area (Å²) in [4.78, 5) is 8.25. The zero-order valence-electron chi connectivity index (χ0n) is 16.6. The van der Waals surface area contributed by atoms with Gasteiger partial charge in [-0.05, 0) is 43.0 Å². The fourth-order valence-corrected chi connectivity index (χ4v) is 3.49. The molecule has 0 spiro atoms. The Morgan fingerprint density at radius 2 is 1.83 bits per heavy atom. The molecule has 1 atom stereocenters. The molecular weight excluding hydrogens is 379 g/mol. The number of rotatable bonds is 6. The molecule has 0 fully saturated rings. The number of para-hydroxylation sites is 1. The maximum Gasteiger partial charge on any atom is 0.421 e. The van der Waals surface area contributed by atoms with Gasteiger partial charge in [-0.15, -0.1) is 0 Å². The van der Waals surface area contributed by atoms with E-state index in [1.54, 1.807) is 19.2 Å². The summed E-state index contributed by atoms with van der Waals surface area (Å²) in [5.41, 5.74) is 6.17. The normalized spacial score (nSPS) is 14.2. The summed E-state index contributed by atoms with van der Waals surface area (Å²) in [6, 6.07) is 10.0. The molecule has 2 heterocycles. The molecule has 3 aromatic rings. The summed E-state index contributed by atoms with van der Waals surface area (Å²) in [5, 5.41) is 0.755. The Morgan fingerprint density at radius 3 is 2.52 bits per heavy atom. The lowest BCUT2D eigenvalue weighted by Crippen LogP contribution is -2.43. The monoisotopic (exact) mass is 403 g/mol. The second-order valence-electron chi connectivity index (χ2n) is 7.99. The van der Waals surface area contributed by atoms with Crippen LogP contribution in [0.1, 0.15) is 32.8 Å². The molecule has 0 radical (unpaired) electrons. The van der Waals surface area contributed by atoms with Gasteiger partial charge in [-0.2, -0.15) is 13.2 Å². The molecule has 3 rings (SSSR count). The molecule has 0 aliphatic heterocycles. The van der Waals surface area contributed by atoms with E-state index in [1.165, 1.54) is 6.20 Å². The quantitative estimate of drug-likeness (QED) is 0.594. The first-order valence-corrected chi connectivity index (χ1v) is 9.40. The minimum Gasteiger partial charge on any atom is -0.475 e. The molecule has 0 saturated heterocycles. The van der Waals surface area contributed by atoms with Crippen LogP contribution >= 0.6 is 0 Å². The van der Waals surface area contributed by atoms with Crippen LogP contribution in [0.15, 0.2) is 48.8 Å². The standard InChI is InChI=1S/C22H24F3N3O/c1-14(2)11-21(3,26)13-29-20-18(22(23,24)25)10-15(12-28-20)16-8-9-27-19-7-5-4-6-17(16)19/h4-10,12,14H,11,13,26H2,1-3H3. The largest absolute Gasteiger partial charge is 0.475 e. The van der Waals surface area contributed by atoms with Crippen molar-refractivity contribution in [2.75, 3.05) is 6.61 Å². The summed E-state index contributed by atoms with van der Waals surface area (Å²) >= 11 is 0. The first-order valence-electron chi connectivity index (χ1n) is 9.40. The highest BCUT2D eigenvalue weighted by Gasteiger charge is 2.36. The predicted molar refractivity (Wildman–Crippen MR) is 108 cm³/mol. The summed E-state index contributed by atoms with van der Waals surface area (Å²) in [6.45, 7) is 5.70. The summed E-state index contributed by atoms with van der Waals surface area (Å²) in [6.07, 6.45) is -1.02. The van der Waals surface area contributed by atoms with Gasteiger partial charge in [-0.3, -0.25) is 4.98 Å². The lowest BCUT2D eigenvalue weighted by molar-refractivity contribution is -0.139. The van der Waals surface area contributed by atoms with E-state index in [-0.39, 0.29) is 6.61 Å². The van der Waals surface area contributed by atoms with Crippen LogP contribution in [0.5, 0.6) is 5.88 Å². The first-order chi connectivity index (χ1) is 13.6. The minimum atomic E-state index is -4.61. The van der Waals surface area contributed by atoms with E-state index in [2.05, 4.69) is 9.97 Å². The van der Waals surface area contributed by atoms with Crippen LogP contribution in [0, 0.1) is 5.92 Å². The van der Waals surface area contributed by atoms with Crippen molar-refractivity contribution >= 4 is 10.9 Å². The Bertz CT molecular complexity index is 995. The van der Waals surface area contributed by atoms with Gasteiger partial charge in [0.25, 0.3) is 0 Å². The van der Waals surface area contributed by atoms with Gasteiger partial charge in [0.05, 0.1) is 5.52 Å². The van der Waals surface area contributed by atoms with Crippen molar-refractivity contribution in [3.05, 3.63) is 54.4 Å². The first kappa shape index (κ1) is 21.0. The number of hydrogen-bond acceptors (Lipinski definition) is 4. The lowest BCUT2D eigenvalue weighted by Gasteiger charge is -2.27. The molecule has 0 aliphatic rings. The van der Waals surface area contributed by atoms with E-state index in [4.69, 9.17) is 10.5 Å². The van der Waals surface area contributed by atoms with Gasteiger partial charge >= 0.3 is 6.18 Å². The molecule has 0 amide bonds. The zero-order chi connectivity index (χ0) is 21.2. The molecule has 2 N–H and O–H groups in total. The average molecular weight is 403 g/mol. The van der Waals surface area contributed by atoms with Crippen molar-refractivity contribution in [1.29, 1.82) is 0 Å². The van der Waals surface area contributed by atoms with Crippen LogP contribution in [0.2, 0.25) is 0 Å². The second kappa shape index (κ2) is 7.99. The summed E-state index contributed by atoms with van der Waals surface area (Å²) in [5.74, 6) is -0.161. The number of nitrogens with two attached hydrogens (primary N) is 1. The average Bonchev–Trinajstić information content (AvgIpc) is 2.64. The smallest absolute Gasteiger partial charge is 0.421 e. The number of hydrogen-bond donors (Lipinski definition) is 1. The SMILES string of the molecule is CC(C)CC(C)(N)COc1ncc(-c2ccnc3ccccc23)cc1C(F)(F)F. The Kier molecular flexibility index (Phi) is 5.80. The molecule has 4 nitrogen and oxygen atoms in total. The molecule has 0 saturated carbocycles. The maximum atomic E-state index is 13.7. The van der Waals surface area contributed by atoms with Crippen molar-refractivity contribution in [2.45, 2.75) is 38.9 Å². The van der Waals surface area contributed by atoms with E-state index in [0.717, 1.165) is 11.5 Å². The molecule has 1 aromatic carbocycles. The van der Waals surface area contributed by atoms with Crippen molar-refractivity contribution in [3.63, 3.8) is 0 Å². The van der Waals surface area contributed by atoms with Crippen molar-refractivity contribution < 1.29 is 17.9 Å². The van der Waals surface area contributed by atoms with E-state index < -0.39 is 23.2 Å². The van der Waals surface area contributed by atoms with Crippen LogP contribution in [0.4, 0.5) is 13.2 Å². The van der Waals surface area contributed by atoms with Crippen LogP contribution < -0.4 is 10.5 Å². The highest BCUT2D eigenvalue weighted by Crippen LogP contribution is 2.38. The minimum absolute atomic E-state index is 0.0568. The molecule has 1 unspecified atom stereocenters. The van der Waals surface area contributed by atoms with E-state index in [9.17, 15) is 13.2 Å². The third-order valence-corrected chi connectivity index (χ3v) is 4.53. The molecule has 2 aromatic heterocycles. The van der Waals surface area contributed by atoms with E-state index >= 15 is 0 Å². The number of fused-ring (bicyclic) bond motifs is 1. The second-order valence-corrected chi connectivity index (χ2v) is 7.99. The topological polar surface area (TPSA) is 61.0 Å². The molecular formula is C22H24F3N3O. The van der Waals surface area contributed by atoms with E-state index in [0.29, 0.717) is 29.0 Å². The Hall–Kier alpha value is -2.67. The molecule has 0 aliphatic carbocycles. The highest BCUT2D eigenvalue weighted by molar-refractivity contribution is 5.94. The van der Waals surface area contributed by atoms with Gasteiger partial charge in [0.2, 0.25) is 5.88 Å². The number of nitrogens with zero attached hydrogens (tertiary/aromatic N) is 2. The molecule has 29 heavy (non-hydrogen) atoms. The van der Waals surface area contributed by atoms with Crippen LogP contribution in [0.3, 0.4) is 0 Å². The van der Waals surface area contributed by atoms with Gasteiger partial charge in [0.1, 0.15) is 12.2 Å². The van der Waals surface area contributed by atoms with Crippen LogP contribution in [0.25, 0.3) is 22.0 Å². The number of aromatic nitrogens is 2. The van der Waals surface area contributed by atoms with Gasteiger partial charge in [0.15, 0.2) is 0 Å². The Balaban J connectivity index is 1.99.